The zero-order valence-electron chi connectivity index (χ0n) is 25.1. The fourth-order valence-corrected chi connectivity index (χ4v) is 7.69. The van der Waals surface area contributed by atoms with Crippen LogP contribution in [-0.2, 0) is 16.4 Å². The molecule has 2 N–H and O–H groups in total. The highest BCUT2D eigenvalue weighted by atomic mass is 32.2. The van der Waals surface area contributed by atoms with Gasteiger partial charge in [-0.15, -0.1) is 0 Å². The SMILES string of the molecule is COc1cc(S(C)(=O)=O)ccc1NCC#Cc1cc2c(N[C@H]3CC[C@H](N4CC5(CCC5)C4)CC3)cccc2n1CC(F)(F)F. The number of benzene rings is 2. The first-order valence-corrected chi connectivity index (χ1v) is 17.1. The Hall–Kier alpha value is -3.36. The fourth-order valence-electron chi connectivity index (χ4n) is 7.06. The summed E-state index contributed by atoms with van der Waals surface area (Å²) in [6.45, 7) is 1.49. The third-order valence-electron chi connectivity index (χ3n) is 9.53. The van der Waals surface area contributed by atoms with E-state index in [2.05, 4.69) is 27.4 Å². The average molecular weight is 629 g/mol. The molecule has 3 aliphatic rings. The van der Waals surface area contributed by atoms with Crippen LogP contribution in [0.3, 0.4) is 0 Å². The third-order valence-corrected chi connectivity index (χ3v) is 10.6. The zero-order chi connectivity index (χ0) is 31.1. The maximum Gasteiger partial charge on any atom is 0.406 e. The first-order chi connectivity index (χ1) is 20.9. The number of halogens is 3. The molecule has 0 atom stereocenters. The maximum absolute atomic E-state index is 13.7. The normalized spacial score (nSPS) is 21.7. The molecule has 1 aliphatic heterocycles. The van der Waals surface area contributed by atoms with E-state index >= 15 is 0 Å². The molecule has 3 fully saturated rings. The largest absolute Gasteiger partial charge is 0.495 e. The van der Waals surface area contributed by atoms with Gasteiger partial charge < -0.3 is 19.9 Å². The summed E-state index contributed by atoms with van der Waals surface area (Å²) in [7, 11) is -1.97. The van der Waals surface area contributed by atoms with E-state index in [1.54, 1.807) is 24.3 Å². The van der Waals surface area contributed by atoms with Crippen LogP contribution in [0.15, 0.2) is 47.4 Å². The van der Waals surface area contributed by atoms with Gasteiger partial charge in [0.05, 0.1) is 35.4 Å². The van der Waals surface area contributed by atoms with Gasteiger partial charge in [-0.3, -0.25) is 4.90 Å². The van der Waals surface area contributed by atoms with Crippen LogP contribution in [0.2, 0.25) is 0 Å². The van der Waals surface area contributed by atoms with Crippen molar-refractivity contribution >= 4 is 32.1 Å². The minimum atomic E-state index is -4.41. The summed E-state index contributed by atoms with van der Waals surface area (Å²) in [4.78, 5) is 2.78. The number of fused-ring (bicyclic) bond motifs is 1. The molecule has 2 heterocycles. The van der Waals surface area contributed by atoms with E-state index in [9.17, 15) is 21.6 Å². The second kappa shape index (κ2) is 11.9. The van der Waals surface area contributed by atoms with Gasteiger partial charge in [-0.25, -0.2) is 8.42 Å². The van der Waals surface area contributed by atoms with Gasteiger partial charge in [-0.05, 0) is 80.2 Å². The van der Waals surface area contributed by atoms with Gasteiger partial charge in [0.1, 0.15) is 12.3 Å². The van der Waals surface area contributed by atoms with Gasteiger partial charge in [0.2, 0.25) is 0 Å². The quantitative estimate of drug-likeness (QED) is 0.286. The summed E-state index contributed by atoms with van der Waals surface area (Å²) in [6, 6.07) is 12.6. The minimum absolute atomic E-state index is 0.120. The lowest BCUT2D eigenvalue weighted by molar-refractivity contribution is -0.140. The van der Waals surface area contributed by atoms with Crippen molar-refractivity contribution in [2.45, 2.75) is 74.6 Å². The Bertz CT molecular complexity index is 1690. The zero-order valence-corrected chi connectivity index (χ0v) is 26.0. The number of anilines is 2. The van der Waals surface area contributed by atoms with Gasteiger partial charge in [-0.1, -0.05) is 18.4 Å². The van der Waals surface area contributed by atoms with E-state index in [0.717, 1.165) is 43.0 Å². The van der Waals surface area contributed by atoms with E-state index in [1.807, 2.05) is 6.07 Å². The Kier molecular flexibility index (Phi) is 8.26. The molecule has 0 amide bonds. The molecule has 44 heavy (non-hydrogen) atoms. The van der Waals surface area contributed by atoms with Crippen LogP contribution in [-0.4, -0.2) is 69.1 Å². The van der Waals surface area contributed by atoms with Gasteiger partial charge in [0.15, 0.2) is 9.84 Å². The molecule has 11 heteroatoms. The van der Waals surface area contributed by atoms with Crippen LogP contribution in [0.1, 0.15) is 50.6 Å². The standard InChI is InChI=1S/C33H39F3N4O3S/c1-43-31-19-26(44(2,41)42)13-14-29(31)37-17-4-6-25-18-27-28(7-3-8-30(27)40(25)22-33(34,35)36)38-23-9-11-24(12-10-23)39-20-32(21-39)15-5-16-32/h3,7-8,13-14,18-19,23-24,37-38H,5,9-12,15-17,20-22H2,1-2H3/t23-,24-. The Labute approximate surface area is 257 Å². The summed E-state index contributed by atoms with van der Waals surface area (Å²) in [5.74, 6) is 6.19. The van der Waals surface area contributed by atoms with Crippen LogP contribution in [0.25, 0.3) is 10.9 Å². The van der Waals surface area contributed by atoms with E-state index in [4.69, 9.17) is 4.74 Å². The van der Waals surface area contributed by atoms with Crippen LogP contribution in [0.4, 0.5) is 24.5 Å². The molecule has 1 aromatic heterocycles. The lowest BCUT2D eigenvalue weighted by atomic mass is 9.63. The monoisotopic (exact) mass is 628 g/mol. The van der Waals surface area contributed by atoms with Crippen LogP contribution < -0.4 is 15.4 Å². The van der Waals surface area contributed by atoms with Crippen molar-refractivity contribution in [3.8, 4) is 17.6 Å². The van der Waals surface area contributed by atoms with Crippen LogP contribution in [0, 0.1) is 17.3 Å². The Balaban J connectivity index is 1.16. The molecule has 3 aromatic rings. The highest BCUT2D eigenvalue weighted by Gasteiger charge is 2.49. The molecule has 0 bridgehead atoms. The molecule has 0 radical (unpaired) electrons. The predicted molar refractivity (Wildman–Crippen MR) is 167 cm³/mol. The maximum atomic E-state index is 13.7. The van der Waals surface area contributed by atoms with Crippen molar-refractivity contribution < 1.29 is 26.3 Å². The predicted octanol–water partition coefficient (Wildman–Crippen LogP) is 6.29. The van der Waals surface area contributed by atoms with Gasteiger partial charge in [0.25, 0.3) is 0 Å². The number of nitrogens with zero attached hydrogens (tertiary/aromatic N) is 2. The molecular formula is C33H39F3N4O3S. The number of methoxy groups -OCH3 is 1. The van der Waals surface area contributed by atoms with E-state index in [0.29, 0.717) is 28.4 Å². The average Bonchev–Trinajstić information content (AvgIpc) is 3.26. The van der Waals surface area contributed by atoms with Gasteiger partial charge in [0, 0.05) is 48.6 Å². The fraction of sp³-hybridized carbons (Fsp3) is 0.515. The summed E-state index contributed by atoms with van der Waals surface area (Å²) in [5, 5.41) is 7.44. The number of sulfone groups is 1. The molecule has 1 spiro atoms. The lowest BCUT2D eigenvalue weighted by Gasteiger charge is -2.59. The molecule has 1 saturated heterocycles. The first-order valence-electron chi connectivity index (χ1n) is 15.2. The number of rotatable bonds is 8. The second-order valence-corrected chi connectivity index (χ2v) is 14.7. The summed E-state index contributed by atoms with van der Waals surface area (Å²) >= 11 is 0. The highest BCUT2D eigenvalue weighted by molar-refractivity contribution is 7.90. The lowest BCUT2D eigenvalue weighted by Crippen LogP contribution is -2.63. The highest BCUT2D eigenvalue weighted by Crippen LogP contribution is 2.50. The number of aromatic nitrogens is 1. The minimum Gasteiger partial charge on any atom is -0.495 e. The molecule has 7 nitrogen and oxygen atoms in total. The number of nitrogens with one attached hydrogen (secondary N) is 2. The Morgan fingerprint density at radius 2 is 1.80 bits per heavy atom. The third kappa shape index (κ3) is 6.52. The molecule has 2 aromatic carbocycles. The second-order valence-electron chi connectivity index (χ2n) is 12.7. The molecule has 0 unspecified atom stereocenters. The van der Waals surface area contributed by atoms with Crippen LogP contribution in [0.5, 0.6) is 5.75 Å². The topological polar surface area (TPSA) is 75.6 Å². The number of hydrogen-bond donors (Lipinski definition) is 2. The van der Waals surface area contributed by atoms with E-state index in [-0.39, 0.29) is 23.2 Å². The molecule has 2 saturated carbocycles. The molecule has 6 rings (SSSR count). The van der Waals surface area contributed by atoms with Crippen molar-refractivity contribution in [2.24, 2.45) is 5.41 Å². The smallest absolute Gasteiger partial charge is 0.406 e. The summed E-state index contributed by atoms with van der Waals surface area (Å²) < 4.78 is 71.3. The van der Waals surface area contributed by atoms with Crippen molar-refractivity contribution in [2.75, 3.05) is 43.6 Å². The molecular weight excluding hydrogens is 589 g/mol. The van der Waals surface area contributed by atoms with Crippen molar-refractivity contribution in [3.05, 3.63) is 48.2 Å². The van der Waals surface area contributed by atoms with E-state index in [1.165, 1.54) is 56.2 Å². The van der Waals surface area contributed by atoms with Crippen molar-refractivity contribution in [1.29, 1.82) is 0 Å². The number of alkyl halides is 3. The Morgan fingerprint density at radius 1 is 1.05 bits per heavy atom. The summed E-state index contributed by atoms with van der Waals surface area (Å²) in [6.07, 6.45) is 5.23. The first kappa shape index (κ1) is 30.7. The van der Waals surface area contributed by atoms with E-state index < -0.39 is 22.6 Å². The molecule has 2 aliphatic carbocycles. The summed E-state index contributed by atoms with van der Waals surface area (Å²) in [5.41, 5.74) is 2.76. The number of hydrogen-bond acceptors (Lipinski definition) is 6. The Morgan fingerprint density at radius 3 is 2.43 bits per heavy atom. The van der Waals surface area contributed by atoms with Crippen molar-refractivity contribution in [3.63, 3.8) is 0 Å². The number of ether oxygens (including phenoxy) is 1. The molecule has 236 valence electrons. The van der Waals surface area contributed by atoms with Crippen LogP contribution >= 0.6 is 0 Å². The van der Waals surface area contributed by atoms with Crippen molar-refractivity contribution in [1.82, 2.24) is 9.47 Å². The van der Waals surface area contributed by atoms with Gasteiger partial charge >= 0.3 is 6.18 Å². The van der Waals surface area contributed by atoms with Gasteiger partial charge in [-0.2, -0.15) is 13.2 Å². The number of likely N-dealkylation sites (tertiary alicyclic amines) is 1.